The van der Waals surface area contributed by atoms with Gasteiger partial charge in [-0.2, -0.15) is 0 Å². The Balaban J connectivity index is 2.24. The van der Waals surface area contributed by atoms with Gasteiger partial charge in [-0.1, -0.05) is 11.6 Å². The molecule has 0 spiro atoms. The molecule has 1 aromatic rings. The first-order valence-electron chi connectivity index (χ1n) is 7.54. The van der Waals surface area contributed by atoms with E-state index in [2.05, 4.69) is 4.74 Å². The van der Waals surface area contributed by atoms with E-state index < -0.39 is 11.9 Å². The highest BCUT2D eigenvalue weighted by atomic mass is 35.5. The van der Waals surface area contributed by atoms with Crippen LogP contribution in [-0.4, -0.2) is 32.3 Å². The smallest absolute Gasteiger partial charge is 0.377 e. The first-order chi connectivity index (χ1) is 11.5. The number of ether oxygens (including phenoxy) is 4. The largest absolute Gasteiger partial charge is 0.500 e. The predicted octanol–water partition coefficient (Wildman–Crippen LogP) is 3.48. The molecule has 0 unspecified atom stereocenters. The summed E-state index contributed by atoms with van der Waals surface area (Å²) in [6, 6.07) is 4.47. The van der Waals surface area contributed by atoms with Crippen molar-refractivity contribution >= 4 is 23.5 Å². The summed E-state index contributed by atoms with van der Waals surface area (Å²) < 4.78 is 20.4. The van der Waals surface area contributed by atoms with E-state index in [9.17, 15) is 9.59 Å². The van der Waals surface area contributed by atoms with Gasteiger partial charge in [0, 0.05) is 5.02 Å². The molecule has 0 bridgehead atoms. The SMILES string of the molecule is CO/C=C(/Oc1ccc(Cl)cc1C(=O)OC1CCCC1)C(=O)OC. The number of benzene rings is 1. The fraction of sp³-hybridized carbons (Fsp3) is 0.412. The Kier molecular flexibility index (Phi) is 6.49. The molecule has 0 aromatic heterocycles. The number of methoxy groups -OCH3 is 2. The van der Waals surface area contributed by atoms with Gasteiger partial charge in [-0.25, -0.2) is 9.59 Å². The van der Waals surface area contributed by atoms with E-state index in [1.165, 1.54) is 26.4 Å². The fourth-order valence-electron chi connectivity index (χ4n) is 2.41. The van der Waals surface area contributed by atoms with E-state index in [4.69, 9.17) is 25.8 Å². The van der Waals surface area contributed by atoms with Crippen molar-refractivity contribution in [1.82, 2.24) is 0 Å². The third-order valence-corrected chi connectivity index (χ3v) is 3.80. The number of halogens is 1. The van der Waals surface area contributed by atoms with Crippen LogP contribution in [0.15, 0.2) is 30.2 Å². The van der Waals surface area contributed by atoms with Crippen LogP contribution in [0, 0.1) is 0 Å². The lowest BCUT2D eigenvalue weighted by atomic mass is 10.2. The Morgan fingerprint density at radius 2 is 1.92 bits per heavy atom. The van der Waals surface area contributed by atoms with Gasteiger partial charge in [0.1, 0.15) is 23.7 Å². The van der Waals surface area contributed by atoms with E-state index in [1.54, 1.807) is 6.07 Å². The molecule has 7 heteroatoms. The maximum atomic E-state index is 12.4. The van der Waals surface area contributed by atoms with Gasteiger partial charge in [-0.3, -0.25) is 0 Å². The third-order valence-electron chi connectivity index (χ3n) is 3.57. The van der Waals surface area contributed by atoms with Crippen molar-refractivity contribution in [2.24, 2.45) is 0 Å². The molecule has 24 heavy (non-hydrogen) atoms. The average Bonchev–Trinajstić information content (AvgIpc) is 3.08. The Bertz CT molecular complexity index is 634. The summed E-state index contributed by atoms with van der Waals surface area (Å²) in [6.45, 7) is 0. The summed E-state index contributed by atoms with van der Waals surface area (Å²) in [6.07, 6.45) is 4.77. The molecule has 6 nitrogen and oxygen atoms in total. The minimum Gasteiger partial charge on any atom is -0.500 e. The molecule has 130 valence electrons. The summed E-state index contributed by atoms with van der Waals surface area (Å²) in [5, 5.41) is 0.357. The molecule has 1 saturated carbocycles. The van der Waals surface area contributed by atoms with Gasteiger partial charge in [0.15, 0.2) is 0 Å². The zero-order valence-corrected chi connectivity index (χ0v) is 14.3. The van der Waals surface area contributed by atoms with Crippen LogP contribution in [0.5, 0.6) is 5.75 Å². The number of esters is 2. The minimum absolute atomic E-state index is 0.0982. The number of hydrogen-bond donors (Lipinski definition) is 0. The summed E-state index contributed by atoms with van der Waals surface area (Å²) in [4.78, 5) is 24.1. The lowest BCUT2D eigenvalue weighted by Gasteiger charge is -2.15. The number of carbonyl (C=O) groups is 2. The van der Waals surface area contributed by atoms with Crippen molar-refractivity contribution in [2.75, 3.05) is 14.2 Å². The second-order valence-electron chi connectivity index (χ2n) is 5.26. The minimum atomic E-state index is -0.734. The zero-order chi connectivity index (χ0) is 17.5. The number of hydrogen-bond acceptors (Lipinski definition) is 6. The van der Waals surface area contributed by atoms with Crippen molar-refractivity contribution in [1.29, 1.82) is 0 Å². The predicted molar refractivity (Wildman–Crippen MR) is 86.9 cm³/mol. The normalized spacial score (nSPS) is 15.0. The first-order valence-corrected chi connectivity index (χ1v) is 7.92. The van der Waals surface area contributed by atoms with Gasteiger partial charge >= 0.3 is 11.9 Å². The van der Waals surface area contributed by atoms with Crippen LogP contribution >= 0.6 is 11.6 Å². The van der Waals surface area contributed by atoms with E-state index in [0.29, 0.717) is 5.02 Å². The summed E-state index contributed by atoms with van der Waals surface area (Å²) in [7, 11) is 2.58. The number of rotatable bonds is 6. The van der Waals surface area contributed by atoms with Crippen LogP contribution < -0.4 is 4.74 Å². The van der Waals surface area contributed by atoms with Gasteiger partial charge in [0.25, 0.3) is 0 Å². The molecule has 0 heterocycles. The van der Waals surface area contributed by atoms with Crippen molar-refractivity contribution in [3.05, 3.63) is 40.8 Å². The molecule has 0 N–H and O–H groups in total. The second-order valence-corrected chi connectivity index (χ2v) is 5.70. The van der Waals surface area contributed by atoms with Crippen molar-refractivity contribution in [3.8, 4) is 5.75 Å². The molecule has 1 aliphatic carbocycles. The van der Waals surface area contributed by atoms with Crippen LogP contribution in [0.4, 0.5) is 0 Å². The van der Waals surface area contributed by atoms with Gasteiger partial charge < -0.3 is 18.9 Å². The van der Waals surface area contributed by atoms with Crippen LogP contribution in [0.25, 0.3) is 0 Å². The molecule has 0 radical (unpaired) electrons. The maximum Gasteiger partial charge on any atom is 0.377 e. The zero-order valence-electron chi connectivity index (χ0n) is 13.5. The van der Waals surface area contributed by atoms with Gasteiger partial charge in [-0.05, 0) is 43.9 Å². The summed E-state index contributed by atoms with van der Waals surface area (Å²) in [5.41, 5.74) is 0.139. The molecule has 1 fully saturated rings. The molecular formula is C17H19ClO6. The molecule has 0 amide bonds. The van der Waals surface area contributed by atoms with E-state index in [0.717, 1.165) is 31.9 Å². The highest BCUT2D eigenvalue weighted by molar-refractivity contribution is 6.31. The highest BCUT2D eigenvalue weighted by Gasteiger charge is 2.24. The van der Waals surface area contributed by atoms with Gasteiger partial charge in [0.05, 0.1) is 14.2 Å². The van der Waals surface area contributed by atoms with Crippen molar-refractivity contribution in [3.63, 3.8) is 0 Å². The van der Waals surface area contributed by atoms with E-state index in [-0.39, 0.29) is 23.2 Å². The third kappa shape index (κ3) is 4.64. The highest BCUT2D eigenvalue weighted by Crippen LogP contribution is 2.28. The lowest BCUT2D eigenvalue weighted by Crippen LogP contribution is -2.17. The first kappa shape index (κ1) is 18.1. The average molecular weight is 355 g/mol. The van der Waals surface area contributed by atoms with Crippen LogP contribution in [-0.2, 0) is 19.0 Å². The van der Waals surface area contributed by atoms with Crippen molar-refractivity contribution in [2.45, 2.75) is 31.8 Å². The fourth-order valence-corrected chi connectivity index (χ4v) is 2.58. The maximum absolute atomic E-state index is 12.4. The Morgan fingerprint density at radius 1 is 1.21 bits per heavy atom. The topological polar surface area (TPSA) is 71.1 Å². The van der Waals surface area contributed by atoms with Gasteiger partial charge in [-0.15, -0.1) is 0 Å². The number of carbonyl (C=O) groups excluding carboxylic acids is 2. The quantitative estimate of drug-likeness (QED) is 0.442. The van der Waals surface area contributed by atoms with Crippen LogP contribution in [0.3, 0.4) is 0 Å². The summed E-state index contributed by atoms with van der Waals surface area (Å²) >= 11 is 5.97. The molecule has 1 aromatic carbocycles. The van der Waals surface area contributed by atoms with Gasteiger partial charge in [0.2, 0.25) is 5.76 Å². The Morgan fingerprint density at radius 3 is 2.54 bits per heavy atom. The standard InChI is InChI=1S/C17H19ClO6/c1-21-10-15(17(20)22-2)24-14-8-7-11(18)9-13(14)16(19)23-12-5-3-4-6-12/h7-10,12H,3-6H2,1-2H3/b15-10+. The van der Waals surface area contributed by atoms with Crippen LogP contribution in [0.2, 0.25) is 5.02 Å². The molecule has 0 saturated heterocycles. The second kappa shape index (κ2) is 8.59. The Labute approximate surface area is 145 Å². The molecule has 1 aliphatic rings. The van der Waals surface area contributed by atoms with E-state index in [1.807, 2.05) is 0 Å². The molecule has 0 aliphatic heterocycles. The van der Waals surface area contributed by atoms with Crippen molar-refractivity contribution < 1.29 is 28.5 Å². The molecular weight excluding hydrogens is 336 g/mol. The monoisotopic (exact) mass is 354 g/mol. The lowest BCUT2D eigenvalue weighted by molar-refractivity contribution is -0.138. The summed E-state index contributed by atoms with van der Waals surface area (Å²) in [5.74, 6) is -1.34. The van der Waals surface area contributed by atoms with Crippen LogP contribution in [0.1, 0.15) is 36.0 Å². The van der Waals surface area contributed by atoms with E-state index >= 15 is 0 Å². The Hall–Kier alpha value is -2.21. The molecule has 0 atom stereocenters. The molecule has 2 rings (SSSR count).